The third kappa shape index (κ3) is 7.54. The number of nitrogens with zero attached hydrogens (tertiary/aromatic N) is 4. The van der Waals surface area contributed by atoms with E-state index in [-0.39, 0.29) is 34.5 Å². The van der Waals surface area contributed by atoms with Crippen molar-refractivity contribution in [2.45, 2.75) is 31.1 Å². The van der Waals surface area contributed by atoms with Crippen LogP contribution in [0.5, 0.6) is 5.75 Å². The molecule has 0 saturated heterocycles. The van der Waals surface area contributed by atoms with Crippen molar-refractivity contribution in [2.75, 3.05) is 18.2 Å². The third-order valence-electron chi connectivity index (χ3n) is 5.11. The van der Waals surface area contributed by atoms with E-state index in [9.17, 15) is 19.7 Å². The first-order valence-electron chi connectivity index (χ1n) is 11.0. The number of rotatable bonds is 12. The number of nitrogens with one attached hydrogen (secondary N) is 2. The molecular weight excluding hydrogens is 520 g/mol. The van der Waals surface area contributed by atoms with Crippen molar-refractivity contribution in [1.29, 1.82) is 0 Å². The monoisotopic (exact) mass is 544 g/mol. The lowest BCUT2D eigenvalue weighted by Crippen LogP contribution is -2.30. The van der Waals surface area contributed by atoms with Crippen molar-refractivity contribution in [1.82, 2.24) is 20.1 Å². The number of aromatic nitrogens is 3. The predicted octanol–water partition coefficient (Wildman–Crippen LogP) is 4.19. The van der Waals surface area contributed by atoms with Crippen molar-refractivity contribution in [2.24, 2.45) is 0 Å². The van der Waals surface area contributed by atoms with Crippen LogP contribution in [0.4, 0.5) is 11.4 Å². The number of halogens is 1. The molecule has 3 aromatic rings. The van der Waals surface area contributed by atoms with E-state index in [1.807, 2.05) is 12.1 Å². The van der Waals surface area contributed by atoms with Gasteiger partial charge in [0.05, 0.1) is 41.0 Å². The van der Waals surface area contributed by atoms with Gasteiger partial charge in [0, 0.05) is 18.7 Å². The molecule has 0 radical (unpaired) electrons. The van der Waals surface area contributed by atoms with Crippen LogP contribution in [0.25, 0.3) is 0 Å². The van der Waals surface area contributed by atoms with Gasteiger partial charge in [0.25, 0.3) is 5.69 Å². The van der Waals surface area contributed by atoms with Crippen LogP contribution in [-0.2, 0) is 22.6 Å². The fourth-order valence-corrected chi connectivity index (χ4v) is 4.27. The van der Waals surface area contributed by atoms with Crippen molar-refractivity contribution in [3.8, 4) is 5.75 Å². The molecule has 37 heavy (non-hydrogen) atoms. The minimum Gasteiger partial charge on any atom is -0.497 e. The number of thioether (sulfide) groups is 1. The van der Waals surface area contributed by atoms with Gasteiger partial charge in [0.1, 0.15) is 5.75 Å². The summed E-state index contributed by atoms with van der Waals surface area (Å²) in [5.41, 5.74) is 0.790. The number of benzene rings is 2. The topological polar surface area (TPSA) is 141 Å². The summed E-state index contributed by atoms with van der Waals surface area (Å²) in [6.07, 6.45) is 1.84. The molecule has 1 atom stereocenters. The van der Waals surface area contributed by atoms with E-state index >= 15 is 0 Å². The van der Waals surface area contributed by atoms with E-state index in [1.54, 1.807) is 36.8 Å². The number of anilines is 1. The zero-order chi connectivity index (χ0) is 26.9. The summed E-state index contributed by atoms with van der Waals surface area (Å²) in [6, 6.07) is 10.6. The van der Waals surface area contributed by atoms with E-state index in [4.69, 9.17) is 16.3 Å². The van der Waals surface area contributed by atoms with Gasteiger partial charge in [-0.2, -0.15) is 0 Å². The molecule has 2 amide bonds. The molecule has 0 unspecified atom stereocenters. The lowest BCUT2D eigenvalue weighted by molar-refractivity contribution is -0.384. The predicted molar refractivity (Wildman–Crippen MR) is 141 cm³/mol. The molecule has 1 aromatic heterocycles. The maximum absolute atomic E-state index is 12.6. The second kappa shape index (κ2) is 12.9. The maximum atomic E-state index is 12.6. The zero-order valence-corrected chi connectivity index (χ0v) is 21.7. The molecule has 1 heterocycles. The molecule has 0 saturated carbocycles. The van der Waals surface area contributed by atoms with Crippen molar-refractivity contribution in [3.05, 3.63) is 81.6 Å². The number of non-ortho nitro benzene ring substituents is 1. The Bertz CT molecular complexity index is 1300. The van der Waals surface area contributed by atoms with E-state index in [0.717, 1.165) is 17.3 Å². The molecule has 13 heteroatoms. The van der Waals surface area contributed by atoms with Crippen LogP contribution in [0.1, 0.15) is 24.4 Å². The molecule has 0 fully saturated rings. The molecule has 0 aliphatic heterocycles. The summed E-state index contributed by atoms with van der Waals surface area (Å²) in [5, 5.41) is 25.5. The Kier molecular flexibility index (Phi) is 9.64. The quantitative estimate of drug-likeness (QED) is 0.150. The number of carbonyl (C=O) groups excluding carboxylic acids is 2. The first kappa shape index (κ1) is 27.7. The molecule has 0 aliphatic rings. The molecule has 0 aliphatic carbocycles. The minimum atomic E-state index is -0.572. The lowest BCUT2D eigenvalue weighted by Gasteiger charge is -2.15. The van der Waals surface area contributed by atoms with Gasteiger partial charge < -0.3 is 19.9 Å². The van der Waals surface area contributed by atoms with Crippen LogP contribution in [0.15, 0.2) is 60.3 Å². The van der Waals surface area contributed by atoms with Gasteiger partial charge >= 0.3 is 0 Å². The van der Waals surface area contributed by atoms with E-state index in [2.05, 4.69) is 27.4 Å². The van der Waals surface area contributed by atoms with Gasteiger partial charge in [-0.25, -0.2) is 0 Å². The third-order valence-corrected chi connectivity index (χ3v) is 6.41. The second-order valence-corrected chi connectivity index (χ2v) is 9.16. The normalized spacial score (nSPS) is 11.4. The number of nitro benzene ring substituents is 1. The highest BCUT2D eigenvalue weighted by atomic mass is 35.5. The first-order chi connectivity index (χ1) is 17.7. The Hall–Kier alpha value is -3.90. The average molecular weight is 545 g/mol. The minimum absolute atomic E-state index is 0.0491. The summed E-state index contributed by atoms with van der Waals surface area (Å²) in [7, 11) is 1.58. The van der Waals surface area contributed by atoms with Gasteiger partial charge in [0.15, 0.2) is 11.0 Å². The number of hydrogen-bond donors (Lipinski definition) is 2. The molecule has 2 N–H and O–H groups in total. The van der Waals surface area contributed by atoms with Gasteiger partial charge in [-0.3, -0.25) is 19.7 Å². The number of hydrogen-bond acceptors (Lipinski definition) is 8. The lowest BCUT2D eigenvalue weighted by atomic mass is 10.1. The Morgan fingerprint density at radius 1 is 1.24 bits per heavy atom. The SMILES string of the molecule is C=CCn1c(SCC(=O)Nc2cc([N+](=O)[O-])ccc2Cl)nnc1[C@H](C)NC(=O)Cc1ccc(OC)cc1. The fraction of sp³-hybridized carbons (Fsp3) is 0.250. The highest BCUT2D eigenvalue weighted by molar-refractivity contribution is 7.99. The smallest absolute Gasteiger partial charge is 0.271 e. The van der Waals surface area contributed by atoms with Gasteiger partial charge in [-0.15, -0.1) is 16.8 Å². The van der Waals surface area contributed by atoms with Crippen molar-refractivity contribution in [3.63, 3.8) is 0 Å². The van der Waals surface area contributed by atoms with E-state index in [1.165, 1.54) is 18.2 Å². The average Bonchev–Trinajstić information content (AvgIpc) is 3.27. The molecule has 0 bridgehead atoms. The van der Waals surface area contributed by atoms with Gasteiger partial charge in [-0.05, 0) is 30.7 Å². The van der Waals surface area contributed by atoms with Gasteiger partial charge in [-0.1, -0.05) is 41.6 Å². The largest absolute Gasteiger partial charge is 0.497 e. The number of ether oxygens (including phenoxy) is 1. The zero-order valence-electron chi connectivity index (χ0n) is 20.1. The van der Waals surface area contributed by atoms with Crippen LogP contribution in [-0.4, -0.2) is 44.4 Å². The van der Waals surface area contributed by atoms with Crippen molar-refractivity contribution < 1.29 is 19.2 Å². The van der Waals surface area contributed by atoms with Crippen LogP contribution < -0.4 is 15.4 Å². The standard InChI is InChI=1S/C24H25ClN6O5S/c1-4-11-30-23(15(2)26-21(32)12-16-5-8-18(36-3)9-6-16)28-29-24(30)37-14-22(33)27-20-13-17(31(34)35)7-10-19(20)25/h4-10,13,15H,1,11-12,14H2,2-3H3,(H,26,32)(H,27,33)/t15-/m0/s1. The maximum Gasteiger partial charge on any atom is 0.271 e. The number of nitro groups is 1. The Balaban J connectivity index is 1.63. The Morgan fingerprint density at radius 2 is 1.97 bits per heavy atom. The molecular formula is C24H25ClN6O5S. The van der Waals surface area contributed by atoms with E-state index < -0.39 is 16.9 Å². The summed E-state index contributed by atoms with van der Waals surface area (Å²) in [6.45, 7) is 5.91. The highest BCUT2D eigenvalue weighted by Gasteiger charge is 2.20. The molecule has 2 aromatic carbocycles. The summed E-state index contributed by atoms with van der Waals surface area (Å²) in [4.78, 5) is 35.5. The summed E-state index contributed by atoms with van der Waals surface area (Å²) < 4.78 is 6.89. The Morgan fingerprint density at radius 3 is 2.62 bits per heavy atom. The van der Waals surface area contributed by atoms with Crippen molar-refractivity contribution >= 4 is 46.6 Å². The fourth-order valence-electron chi connectivity index (χ4n) is 3.35. The van der Waals surface area contributed by atoms with E-state index in [0.29, 0.717) is 23.3 Å². The first-order valence-corrected chi connectivity index (χ1v) is 12.4. The highest BCUT2D eigenvalue weighted by Crippen LogP contribution is 2.27. The molecule has 11 nitrogen and oxygen atoms in total. The molecule has 194 valence electrons. The second-order valence-electron chi connectivity index (χ2n) is 7.81. The van der Waals surface area contributed by atoms with Crippen LogP contribution in [0.2, 0.25) is 5.02 Å². The number of methoxy groups -OCH3 is 1. The van der Waals surface area contributed by atoms with Crippen LogP contribution >= 0.6 is 23.4 Å². The summed E-state index contributed by atoms with van der Waals surface area (Å²) in [5.74, 6) is 0.553. The number of allylic oxidation sites excluding steroid dienone is 1. The number of amides is 2. The Labute approximate surface area is 222 Å². The van der Waals surface area contributed by atoms with Crippen LogP contribution in [0.3, 0.4) is 0 Å². The van der Waals surface area contributed by atoms with Gasteiger partial charge in [0.2, 0.25) is 11.8 Å². The number of carbonyl (C=O) groups is 2. The molecule has 3 rings (SSSR count). The summed E-state index contributed by atoms with van der Waals surface area (Å²) >= 11 is 7.17. The van der Waals surface area contributed by atoms with Crippen LogP contribution in [0, 0.1) is 10.1 Å². The molecule has 0 spiro atoms.